The van der Waals surface area contributed by atoms with Crippen LogP contribution in [0.2, 0.25) is 0 Å². The average molecular weight is 332 g/mol. The second-order valence-corrected chi connectivity index (χ2v) is 8.73. The van der Waals surface area contributed by atoms with Gasteiger partial charge in [-0.3, -0.25) is 0 Å². The molecule has 2 N–H and O–H groups in total. The van der Waals surface area contributed by atoms with E-state index in [1.54, 1.807) is 0 Å². The molecule has 2 rings (SSSR count). The van der Waals surface area contributed by atoms with Crippen LogP contribution in [0.5, 0.6) is 0 Å². The van der Waals surface area contributed by atoms with Crippen molar-refractivity contribution in [3.05, 3.63) is 0 Å². The number of anilines is 2. The first kappa shape index (κ1) is 16.5. The van der Waals surface area contributed by atoms with Gasteiger partial charge in [0.1, 0.15) is 9.90 Å². The Morgan fingerprint density at radius 1 is 1.43 bits per heavy atom. The summed E-state index contributed by atoms with van der Waals surface area (Å²) in [5, 5.41) is 0.706. The van der Waals surface area contributed by atoms with Crippen LogP contribution in [0.1, 0.15) is 20.3 Å². The van der Waals surface area contributed by atoms with Gasteiger partial charge in [0, 0.05) is 19.1 Å². The largest absolute Gasteiger partial charge is 0.382 e. The Morgan fingerprint density at radius 2 is 2.10 bits per heavy atom. The van der Waals surface area contributed by atoms with Crippen molar-refractivity contribution in [3.63, 3.8) is 0 Å². The lowest BCUT2D eigenvalue weighted by atomic mass is 10.1. The summed E-state index contributed by atoms with van der Waals surface area (Å²) in [5.74, 6) is 0.734. The van der Waals surface area contributed by atoms with Crippen molar-refractivity contribution >= 4 is 32.2 Å². The van der Waals surface area contributed by atoms with Gasteiger partial charge in [0.15, 0.2) is 15.7 Å². The number of nitrogen functional groups attached to an aromatic ring is 1. The van der Waals surface area contributed by atoms with E-state index >= 15 is 0 Å². The highest BCUT2D eigenvalue weighted by Gasteiger charge is 2.36. The first-order valence-electron chi connectivity index (χ1n) is 7.17. The highest BCUT2D eigenvalue weighted by Crippen LogP contribution is 2.38. The molecule has 2 heterocycles. The van der Waals surface area contributed by atoms with Gasteiger partial charge < -0.3 is 15.5 Å². The molecular weight excluding hydrogens is 308 g/mol. The van der Waals surface area contributed by atoms with E-state index in [0.717, 1.165) is 13.1 Å². The molecule has 8 heteroatoms. The maximum absolute atomic E-state index is 12.4. The van der Waals surface area contributed by atoms with Crippen molar-refractivity contribution in [1.82, 2.24) is 9.27 Å². The maximum Gasteiger partial charge on any atom is 0.185 e. The van der Waals surface area contributed by atoms with Crippen molar-refractivity contribution < 1.29 is 8.42 Å². The van der Waals surface area contributed by atoms with Crippen LogP contribution in [0.15, 0.2) is 4.90 Å². The van der Waals surface area contributed by atoms with Crippen LogP contribution in [-0.4, -0.2) is 56.7 Å². The molecule has 1 aromatic rings. The number of likely N-dealkylation sites (N-methyl/N-ethyl adjacent to an activating group) is 1. The van der Waals surface area contributed by atoms with Crippen LogP contribution in [0, 0.1) is 5.92 Å². The summed E-state index contributed by atoms with van der Waals surface area (Å²) in [6.45, 7) is 5.69. The van der Waals surface area contributed by atoms with Gasteiger partial charge >= 0.3 is 0 Å². The second kappa shape index (κ2) is 6.10. The minimum atomic E-state index is -3.35. The first-order valence-corrected chi connectivity index (χ1v) is 9.59. The van der Waals surface area contributed by atoms with Crippen LogP contribution in [0.4, 0.5) is 10.8 Å². The van der Waals surface area contributed by atoms with Gasteiger partial charge in [0.05, 0.1) is 5.75 Å². The third kappa shape index (κ3) is 3.17. The first-order chi connectivity index (χ1) is 9.77. The lowest BCUT2D eigenvalue weighted by Gasteiger charge is -2.22. The minimum absolute atomic E-state index is 0.114. The molecule has 0 amide bonds. The van der Waals surface area contributed by atoms with Crippen LogP contribution >= 0.6 is 11.5 Å². The molecule has 21 heavy (non-hydrogen) atoms. The predicted molar refractivity (Wildman–Crippen MR) is 87.7 cm³/mol. The molecule has 0 radical (unpaired) electrons. The van der Waals surface area contributed by atoms with Gasteiger partial charge in [0.25, 0.3) is 0 Å². The Hall–Kier alpha value is -0.860. The van der Waals surface area contributed by atoms with Crippen molar-refractivity contribution in [2.75, 3.05) is 43.6 Å². The zero-order valence-electron chi connectivity index (χ0n) is 13.0. The maximum atomic E-state index is 12.4. The molecule has 1 aliphatic rings. The van der Waals surface area contributed by atoms with Crippen LogP contribution in [0.25, 0.3) is 0 Å². The van der Waals surface area contributed by atoms with Gasteiger partial charge in [-0.05, 0) is 38.0 Å². The fourth-order valence-corrected chi connectivity index (χ4v) is 5.72. The van der Waals surface area contributed by atoms with E-state index in [4.69, 9.17) is 5.73 Å². The summed E-state index contributed by atoms with van der Waals surface area (Å²) < 4.78 is 29.0. The van der Waals surface area contributed by atoms with Crippen molar-refractivity contribution in [2.24, 2.45) is 5.92 Å². The summed E-state index contributed by atoms with van der Waals surface area (Å²) in [6, 6.07) is 0.412. The highest BCUT2D eigenvalue weighted by molar-refractivity contribution is 7.91. The third-order valence-electron chi connectivity index (χ3n) is 3.96. The van der Waals surface area contributed by atoms with E-state index < -0.39 is 9.84 Å². The molecule has 120 valence electrons. The quantitative estimate of drug-likeness (QED) is 0.875. The molecular formula is C13H24N4O2S2. The molecule has 0 spiro atoms. The number of nitrogens with zero attached hydrogens (tertiary/aromatic N) is 3. The second-order valence-electron chi connectivity index (χ2n) is 5.93. The van der Waals surface area contributed by atoms with Crippen LogP contribution in [-0.2, 0) is 9.84 Å². The molecule has 0 saturated carbocycles. The number of rotatable bonds is 5. The normalized spacial score (nSPS) is 23.2. The summed E-state index contributed by atoms with van der Waals surface area (Å²) in [5.41, 5.74) is 5.84. The molecule has 0 aliphatic carbocycles. The lowest BCUT2D eigenvalue weighted by Crippen LogP contribution is -2.34. The van der Waals surface area contributed by atoms with Gasteiger partial charge in [0.2, 0.25) is 0 Å². The zero-order chi connectivity index (χ0) is 15.8. The SMILES string of the molecule is CCCS(=O)(=O)c1c(N)nsc1N1CC(C)C(N(C)C)C1. The van der Waals surface area contributed by atoms with Gasteiger partial charge in [-0.15, -0.1) is 0 Å². The molecule has 2 atom stereocenters. The lowest BCUT2D eigenvalue weighted by molar-refractivity contribution is 0.266. The van der Waals surface area contributed by atoms with Gasteiger partial charge in [-0.25, -0.2) is 8.42 Å². The number of aromatic nitrogens is 1. The van der Waals surface area contributed by atoms with Crippen LogP contribution in [0.3, 0.4) is 0 Å². The molecule has 1 aromatic heterocycles. The fraction of sp³-hybridized carbons (Fsp3) is 0.769. The Balaban J connectivity index is 2.35. The Bertz CT molecular complexity index is 597. The van der Waals surface area contributed by atoms with E-state index in [1.165, 1.54) is 11.5 Å². The van der Waals surface area contributed by atoms with E-state index in [-0.39, 0.29) is 16.5 Å². The molecule has 0 bridgehead atoms. The molecule has 6 nitrogen and oxygen atoms in total. The molecule has 1 aliphatic heterocycles. The third-order valence-corrected chi connectivity index (χ3v) is 6.99. The van der Waals surface area contributed by atoms with Gasteiger partial charge in [-0.1, -0.05) is 13.8 Å². The summed E-state index contributed by atoms with van der Waals surface area (Å²) in [6.07, 6.45) is 0.577. The monoisotopic (exact) mass is 332 g/mol. The Morgan fingerprint density at radius 3 is 2.62 bits per heavy atom. The Kier molecular flexibility index (Phi) is 4.79. The summed E-state index contributed by atoms with van der Waals surface area (Å²) >= 11 is 1.20. The number of hydrogen-bond acceptors (Lipinski definition) is 7. The number of nitrogens with two attached hydrogens (primary N) is 1. The van der Waals surface area contributed by atoms with E-state index in [2.05, 4.69) is 35.2 Å². The van der Waals surface area contributed by atoms with Gasteiger partial charge in [-0.2, -0.15) is 4.37 Å². The molecule has 0 aromatic carbocycles. The Labute approximate surface area is 131 Å². The summed E-state index contributed by atoms with van der Waals surface area (Å²) in [4.78, 5) is 4.54. The van der Waals surface area contributed by atoms with E-state index in [9.17, 15) is 8.42 Å². The number of sulfone groups is 1. The van der Waals surface area contributed by atoms with Crippen molar-refractivity contribution in [2.45, 2.75) is 31.2 Å². The van der Waals surface area contributed by atoms with Crippen molar-refractivity contribution in [1.29, 1.82) is 0 Å². The topological polar surface area (TPSA) is 79.5 Å². The summed E-state index contributed by atoms with van der Waals surface area (Å²) in [7, 11) is 0.759. The standard InChI is InChI=1S/C13H24N4O2S2/c1-5-6-21(18,19)11-12(14)15-20-13(11)17-7-9(2)10(8-17)16(3)4/h9-10H,5-8H2,1-4H3,(H2,14,15). The average Bonchev–Trinajstić information content (AvgIpc) is 2.92. The highest BCUT2D eigenvalue weighted by atomic mass is 32.2. The van der Waals surface area contributed by atoms with Crippen molar-refractivity contribution in [3.8, 4) is 0 Å². The van der Waals surface area contributed by atoms with Crippen LogP contribution < -0.4 is 10.6 Å². The molecule has 1 saturated heterocycles. The molecule has 1 fully saturated rings. The number of hydrogen-bond donors (Lipinski definition) is 1. The zero-order valence-corrected chi connectivity index (χ0v) is 14.7. The smallest absolute Gasteiger partial charge is 0.185 e. The van der Waals surface area contributed by atoms with E-state index in [1.807, 2.05) is 6.92 Å². The van der Waals surface area contributed by atoms with E-state index in [0.29, 0.717) is 23.4 Å². The minimum Gasteiger partial charge on any atom is -0.382 e. The fourth-order valence-electron chi connectivity index (χ4n) is 2.94. The molecule has 2 unspecified atom stereocenters. The predicted octanol–water partition coefficient (Wildman–Crippen LogP) is 1.30.